The van der Waals surface area contributed by atoms with Crippen molar-refractivity contribution in [3.8, 4) is 0 Å². The standard InChI is InChI=1S/C25H23ClF2N6O3/c1-11-3-4-14(7-15(11)26)30-22(36)20-12(2)19(17-6-13-5-16(13)34(17)20)21(35)23(37)31-24(9-25(27,28)10-24)18-8-29-33-32-18/h3-4,7-8,13,16H,5-6,9-10H2,1-2H3,(H,30,36)(H,31,37)(H,29,32,33)/t13-,16-/m1/s1. The zero-order valence-electron chi connectivity index (χ0n) is 20.0. The molecule has 0 spiro atoms. The first-order chi connectivity index (χ1) is 17.5. The number of halogens is 3. The highest BCUT2D eigenvalue weighted by Gasteiger charge is 2.60. The summed E-state index contributed by atoms with van der Waals surface area (Å²) in [6.45, 7) is 3.48. The molecule has 2 aliphatic carbocycles. The number of carbonyl (C=O) groups is 3. The van der Waals surface area contributed by atoms with Gasteiger partial charge in [-0.2, -0.15) is 0 Å². The number of Topliss-reactive ketones (excluding diaryl/α,β-unsaturated/α-hetero) is 1. The minimum atomic E-state index is -2.99. The third kappa shape index (κ3) is 3.75. The van der Waals surface area contributed by atoms with Gasteiger partial charge in [-0.1, -0.05) is 22.9 Å². The summed E-state index contributed by atoms with van der Waals surface area (Å²) in [5, 5.41) is 15.7. The van der Waals surface area contributed by atoms with Crippen LogP contribution in [0.2, 0.25) is 5.02 Å². The molecule has 2 amide bonds. The molecular formula is C25H23ClF2N6O3. The Balaban J connectivity index is 1.31. The predicted octanol–water partition coefficient (Wildman–Crippen LogP) is 3.87. The number of benzene rings is 1. The monoisotopic (exact) mass is 528 g/mol. The van der Waals surface area contributed by atoms with Crippen LogP contribution in [0.3, 0.4) is 0 Å². The van der Waals surface area contributed by atoms with Gasteiger partial charge in [-0.15, -0.1) is 5.10 Å². The minimum absolute atomic E-state index is 0.0902. The molecule has 0 saturated heterocycles. The number of carbonyl (C=O) groups excluding carboxylic acids is 3. The van der Waals surface area contributed by atoms with Gasteiger partial charge < -0.3 is 15.2 Å². The number of nitrogens with zero attached hydrogens (tertiary/aromatic N) is 3. The van der Waals surface area contributed by atoms with Gasteiger partial charge in [0.15, 0.2) is 0 Å². The van der Waals surface area contributed by atoms with E-state index in [2.05, 4.69) is 26.0 Å². The molecule has 0 radical (unpaired) electrons. The Labute approximate surface area is 214 Å². The van der Waals surface area contributed by atoms with Crippen LogP contribution >= 0.6 is 11.6 Å². The first kappa shape index (κ1) is 23.8. The van der Waals surface area contributed by atoms with Crippen LogP contribution in [0, 0.1) is 19.8 Å². The Morgan fingerprint density at radius 2 is 1.97 bits per heavy atom. The number of ketones is 1. The SMILES string of the molecule is Cc1ccc(NC(=O)c2c(C)c(C(=O)C(=O)NC3(c4c[nH]nn4)CC(F)(F)C3)c3n2[C@@H]2C[C@@H]2C3)cc1Cl. The lowest BCUT2D eigenvalue weighted by Gasteiger charge is -2.46. The molecule has 2 atom stereocenters. The summed E-state index contributed by atoms with van der Waals surface area (Å²) < 4.78 is 29.6. The van der Waals surface area contributed by atoms with Crippen molar-refractivity contribution < 1.29 is 23.2 Å². The number of aromatic nitrogens is 4. The van der Waals surface area contributed by atoms with Gasteiger partial charge in [0, 0.05) is 41.5 Å². The van der Waals surface area contributed by atoms with Crippen molar-refractivity contribution in [2.75, 3.05) is 5.32 Å². The fraction of sp³-hybridized carbons (Fsp3) is 0.400. The lowest BCUT2D eigenvalue weighted by Crippen LogP contribution is -2.61. The minimum Gasteiger partial charge on any atom is -0.337 e. The Hall–Kier alpha value is -3.60. The first-order valence-corrected chi connectivity index (χ1v) is 12.3. The van der Waals surface area contributed by atoms with Gasteiger partial charge in [0.25, 0.3) is 23.5 Å². The van der Waals surface area contributed by atoms with Crippen LogP contribution in [0.25, 0.3) is 0 Å². The van der Waals surface area contributed by atoms with Crippen molar-refractivity contribution in [2.45, 2.75) is 57.0 Å². The second-order valence-electron chi connectivity index (χ2n) is 10.3. The summed E-state index contributed by atoms with van der Waals surface area (Å²) in [6.07, 6.45) is 1.41. The third-order valence-electron chi connectivity index (χ3n) is 7.68. The van der Waals surface area contributed by atoms with E-state index in [9.17, 15) is 23.2 Å². The molecule has 2 aromatic heterocycles. The van der Waals surface area contributed by atoms with Gasteiger partial charge in [0.1, 0.15) is 11.4 Å². The number of nitrogens with one attached hydrogen (secondary N) is 3. The fourth-order valence-corrected chi connectivity index (χ4v) is 5.96. The summed E-state index contributed by atoms with van der Waals surface area (Å²) >= 11 is 6.20. The van der Waals surface area contributed by atoms with Gasteiger partial charge in [-0.05, 0) is 55.9 Å². The summed E-state index contributed by atoms with van der Waals surface area (Å²) in [5.74, 6) is -4.99. The smallest absolute Gasteiger partial charge is 0.293 e. The molecule has 3 N–H and O–H groups in total. The highest BCUT2D eigenvalue weighted by Crippen LogP contribution is 2.55. The molecule has 2 fully saturated rings. The Kier molecular flexibility index (Phi) is 5.11. The number of alkyl halides is 2. The molecule has 192 valence electrons. The zero-order valence-corrected chi connectivity index (χ0v) is 20.7. The summed E-state index contributed by atoms with van der Waals surface area (Å²) in [4.78, 5) is 40.0. The number of aromatic amines is 1. The molecule has 3 heterocycles. The molecule has 3 aromatic rings. The number of hydrogen-bond donors (Lipinski definition) is 3. The highest BCUT2D eigenvalue weighted by atomic mass is 35.5. The van der Waals surface area contributed by atoms with Crippen molar-refractivity contribution in [2.24, 2.45) is 5.92 Å². The van der Waals surface area contributed by atoms with Crippen molar-refractivity contribution >= 4 is 34.9 Å². The fourth-order valence-electron chi connectivity index (χ4n) is 5.78. The average Bonchev–Trinajstić information content (AvgIpc) is 3.13. The summed E-state index contributed by atoms with van der Waals surface area (Å²) in [6, 6.07) is 5.26. The molecule has 37 heavy (non-hydrogen) atoms. The molecule has 1 aromatic carbocycles. The van der Waals surface area contributed by atoms with E-state index in [0.29, 0.717) is 40.0 Å². The van der Waals surface area contributed by atoms with E-state index in [1.165, 1.54) is 6.20 Å². The molecule has 2 saturated carbocycles. The second kappa shape index (κ2) is 7.95. The zero-order chi connectivity index (χ0) is 26.3. The number of fused-ring (bicyclic) bond motifs is 3. The highest BCUT2D eigenvalue weighted by molar-refractivity contribution is 6.44. The molecule has 6 rings (SSSR count). The van der Waals surface area contributed by atoms with E-state index in [-0.39, 0.29) is 17.3 Å². The third-order valence-corrected chi connectivity index (χ3v) is 8.09. The lowest BCUT2D eigenvalue weighted by atomic mass is 9.71. The van der Waals surface area contributed by atoms with E-state index in [1.807, 2.05) is 11.5 Å². The maximum absolute atomic E-state index is 13.9. The summed E-state index contributed by atoms with van der Waals surface area (Å²) in [5.41, 5.74) is 1.49. The first-order valence-electron chi connectivity index (χ1n) is 11.9. The molecule has 1 aliphatic heterocycles. The Bertz CT molecular complexity index is 1470. The maximum Gasteiger partial charge on any atom is 0.293 e. The largest absolute Gasteiger partial charge is 0.337 e. The van der Waals surface area contributed by atoms with E-state index in [4.69, 9.17) is 11.6 Å². The number of H-pyrrole nitrogens is 1. The number of amides is 2. The van der Waals surface area contributed by atoms with E-state index >= 15 is 0 Å². The van der Waals surface area contributed by atoms with Crippen molar-refractivity contribution in [1.82, 2.24) is 25.3 Å². The Morgan fingerprint density at radius 1 is 1.22 bits per heavy atom. The van der Waals surface area contributed by atoms with Crippen LogP contribution in [0.4, 0.5) is 14.5 Å². The van der Waals surface area contributed by atoms with Crippen LogP contribution in [0.1, 0.15) is 68.7 Å². The summed E-state index contributed by atoms with van der Waals surface area (Å²) in [7, 11) is 0. The molecular weight excluding hydrogens is 506 g/mol. The normalized spacial score (nSPS) is 22.0. The van der Waals surface area contributed by atoms with Crippen molar-refractivity contribution in [1.29, 1.82) is 0 Å². The second-order valence-corrected chi connectivity index (χ2v) is 10.7. The van der Waals surface area contributed by atoms with E-state index in [0.717, 1.165) is 12.0 Å². The number of anilines is 1. The van der Waals surface area contributed by atoms with Gasteiger partial charge in [-0.25, -0.2) is 8.78 Å². The number of aryl methyl sites for hydroxylation is 1. The van der Waals surface area contributed by atoms with Crippen LogP contribution in [-0.2, 0) is 16.8 Å². The van der Waals surface area contributed by atoms with Gasteiger partial charge in [-0.3, -0.25) is 19.5 Å². The van der Waals surface area contributed by atoms with E-state index < -0.39 is 41.9 Å². The van der Waals surface area contributed by atoms with Gasteiger partial charge >= 0.3 is 0 Å². The topological polar surface area (TPSA) is 122 Å². The molecule has 12 heteroatoms. The van der Waals surface area contributed by atoms with Gasteiger partial charge in [0.05, 0.1) is 11.1 Å². The Morgan fingerprint density at radius 3 is 2.62 bits per heavy atom. The maximum atomic E-state index is 13.9. The van der Waals surface area contributed by atoms with Crippen molar-refractivity contribution in [3.05, 3.63) is 63.2 Å². The van der Waals surface area contributed by atoms with E-state index in [1.54, 1.807) is 25.1 Å². The molecule has 0 unspecified atom stereocenters. The molecule has 3 aliphatic rings. The van der Waals surface area contributed by atoms with Crippen LogP contribution in [-0.4, -0.2) is 43.5 Å². The average molecular weight is 529 g/mol. The molecule has 9 nitrogen and oxygen atoms in total. The number of hydrogen-bond acceptors (Lipinski definition) is 5. The van der Waals surface area contributed by atoms with Crippen LogP contribution in [0.5, 0.6) is 0 Å². The van der Waals surface area contributed by atoms with Crippen LogP contribution < -0.4 is 10.6 Å². The predicted molar refractivity (Wildman–Crippen MR) is 129 cm³/mol. The molecule has 0 bridgehead atoms. The van der Waals surface area contributed by atoms with Crippen molar-refractivity contribution in [3.63, 3.8) is 0 Å². The van der Waals surface area contributed by atoms with Crippen LogP contribution in [0.15, 0.2) is 24.4 Å². The number of rotatable bonds is 6. The quantitative estimate of drug-likeness (QED) is 0.331. The lowest BCUT2D eigenvalue weighted by molar-refractivity contribution is -0.148. The van der Waals surface area contributed by atoms with Gasteiger partial charge in [0.2, 0.25) is 0 Å².